The Morgan fingerprint density at radius 1 is 1.03 bits per heavy atom. The maximum atomic E-state index is 13.5. The van der Waals surface area contributed by atoms with Crippen LogP contribution in [0, 0.1) is 6.92 Å². The second kappa shape index (κ2) is 12.7. The SMILES string of the molecule is CCCCn1ccc(-c2cc(OC)ccc2OC)c(NC(=O)Nc2c(SC)cc(C)nc2SC)c1=O. The monoisotopic (exact) mass is 528 g/mol. The molecule has 0 aliphatic carbocycles. The molecule has 0 saturated heterocycles. The number of rotatable bonds is 10. The van der Waals surface area contributed by atoms with E-state index >= 15 is 0 Å². The summed E-state index contributed by atoms with van der Waals surface area (Å²) in [5, 5.41) is 6.45. The molecule has 0 aliphatic heterocycles. The van der Waals surface area contributed by atoms with Gasteiger partial charge in [-0.25, -0.2) is 9.78 Å². The number of benzene rings is 1. The lowest BCUT2D eigenvalue weighted by Crippen LogP contribution is -2.29. The average molecular weight is 529 g/mol. The van der Waals surface area contributed by atoms with Crippen molar-refractivity contribution in [3.05, 3.63) is 52.6 Å². The lowest BCUT2D eigenvalue weighted by Gasteiger charge is -2.18. The summed E-state index contributed by atoms with van der Waals surface area (Å²) in [4.78, 5) is 32.2. The van der Waals surface area contributed by atoms with Crippen LogP contribution in [0.1, 0.15) is 25.5 Å². The van der Waals surface area contributed by atoms with E-state index in [1.165, 1.54) is 23.5 Å². The minimum absolute atomic E-state index is 0.161. The Hall–Kier alpha value is -3.11. The molecule has 0 fully saturated rings. The van der Waals surface area contributed by atoms with Crippen molar-refractivity contribution in [1.82, 2.24) is 9.55 Å². The van der Waals surface area contributed by atoms with Crippen molar-refractivity contribution in [2.75, 3.05) is 37.4 Å². The van der Waals surface area contributed by atoms with Crippen LogP contribution in [0.3, 0.4) is 0 Å². The molecule has 3 aromatic rings. The van der Waals surface area contributed by atoms with Gasteiger partial charge in [0.15, 0.2) is 0 Å². The Labute approximate surface area is 220 Å². The van der Waals surface area contributed by atoms with Crippen molar-refractivity contribution in [3.8, 4) is 22.6 Å². The van der Waals surface area contributed by atoms with Crippen LogP contribution in [0.5, 0.6) is 11.5 Å². The number of anilines is 2. The van der Waals surface area contributed by atoms with Crippen LogP contribution in [-0.2, 0) is 6.54 Å². The zero-order valence-electron chi connectivity index (χ0n) is 21.4. The summed E-state index contributed by atoms with van der Waals surface area (Å²) in [6.45, 7) is 4.53. The fourth-order valence-corrected chi connectivity index (χ4v) is 5.05. The average Bonchev–Trinajstić information content (AvgIpc) is 2.89. The summed E-state index contributed by atoms with van der Waals surface area (Å²) in [6, 6.07) is 8.55. The lowest BCUT2D eigenvalue weighted by atomic mass is 10.0. The normalized spacial score (nSPS) is 10.7. The number of urea groups is 1. The number of hydrogen-bond donors (Lipinski definition) is 2. The van der Waals surface area contributed by atoms with Crippen LogP contribution >= 0.6 is 23.5 Å². The van der Waals surface area contributed by atoms with E-state index < -0.39 is 6.03 Å². The van der Waals surface area contributed by atoms with Crippen LogP contribution in [0.2, 0.25) is 0 Å². The first-order valence-corrected chi connectivity index (χ1v) is 13.9. The van der Waals surface area contributed by atoms with Crippen LogP contribution in [0.4, 0.5) is 16.2 Å². The van der Waals surface area contributed by atoms with Crippen LogP contribution in [0.25, 0.3) is 11.1 Å². The number of nitrogens with one attached hydrogen (secondary N) is 2. The largest absolute Gasteiger partial charge is 0.497 e. The van der Waals surface area contributed by atoms with Crippen molar-refractivity contribution in [2.24, 2.45) is 0 Å². The zero-order chi connectivity index (χ0) is 26.2. The molecule has 0 bridgehead atoms. The van der Waals surface area contributed by atoms with Gasteiger partial charge in [0.25, 0.3) is 5.56 Å². The Bertz CT molecular complexity index is 1270. The van der Waals surface area contributed by atoms with Gasteiger partial charge in [-0.15, -0.1) is 23.5 Å². The van der Waals surface area contributed by atoms with Gasteiger partial charge in [-0.05, 0) is 56.2 Å². The number of ether oxygens (including phenoxy) is 2. The summed E-state index contributed by atoms with van der Waals surface area (Å²) in [5.41, 5.74) is 2.52. The zero-order valence-corrected chi connectivity index (χ0v) is 23.1. The van der Waals surface area contributed by atoms with Gasteiger partial charge in [-0.3, -0.25) is 4.79 Å². The van der Waals surface area contributed by atoms with Gasteiger partial charge in [-0.2, -0.15) is 0 Å². The van der Waals surface area contributed by atoms with Crippen molar-refractivity contribution < 1.29 is 14.3 Å². The van der Waals surface area contributed by atoms with E-state index in [-0.39, 0.29) is 11.2 Å². The van der Waals surface area contributed by atoms with Crippen LogP contribution in [0.15, 0.2) is 51.2 Å². The van der Waals surface area contributed by atoms with Gasteiger partial charge in [-0.1, -0.05) is 13.3 Å². The van der Waals surface area contributed by atoms with Crippen molar-refractivity contribution in [1.29, 1.82) is 0 Å². The molecule has 2 amide bonds. The van der Waals surface area contributed by atoms with Gasteiger partial charge in [0.1, 0.15) is 22.2 Å². The minimum atomic E-state index is -0.528. The molecule has 0 aliphatic rings. The number of nitrogens with zero attached hydrogens (tertiary/aromatic N) is 2. The second-order valence-electron chi connectivity index (χ2n) is 7.95. The molecule has 0 radical (unpaired) electrons. The molecular formula is C26H32N4O4S2. The number of carbonyl (C=O) groups excluding carboxylic acids is 1. The molecule has 0 spiro atoms. The number of amides is 2. The van der Waals surface area contributed by atoms with E-state index in [4.69, 9.17) is 9.47 Å². The standard InChI is InChI=1S/C26H32N4O4S2/c1-7-8-12-30-13-11-18(19-15-17(33-3)9-10-20(19)34-4)22(25(30)31)28-26(32)29-23-21(35-5)14-16(2)27-24(23)36-6/h9-11,13-15H,7-8,12H2,1-6H3,(H2,28,29,32). The predicted molar refractivity (Wildman–Crippen MR) is 149 cm³/mol. The van der Waals surface area contributed by atoms with Crippen molar-refractivity contribution in [3.63, 3.8) is 0 Å². The summed E-state index contributed by atoms with van der Waals surface area (Å²) in [5.74, 6) is 1.17. The van der Waals surface area contributed by atoms with Crippen molar-refractivity contribution >= 4 is 40.9 Å². The molecule has 0 saturated carbocycles. The first kappa shape index (κ1) is 27.5. The van der Waals surface area contributed by atoms with E-state index in [9.17, 15) is 9.59 Å². The number of pyridine rings is 2. The third-order valence-corrected chi connectivity index (χ3v) is 7.03. The summed E-state index contributed by atoms with van der Waals surface area (Å²) >= 11 is 2.97. The van der Waals surface area contributed by atoms with Crippen LogP contribution in [-0.4, -0.2) is 42.3 Å². The van der Waals surface area contributed by atoms with Gasteiger partial charge in [0.05, 0.1) is 19.9 Å². The fourth-order valence-electron chi connectivity index (χ4n) is 3.75. The van der Waals surface area contributed by atoms with Crippen molar-refractivity contribution in [2.45, 2.75) is 43.2 Å². The molecule has 3 rings (SSSR count). The Morgan fingerprint density at radius 3 is 2.42 bits per heavy atom. The smallest absolute Gasteiger partial charge is 0.323 e. The first-order chi connectivity index (χ1) is 17.4. The number of aromatic nitrogens is 2. The maximum absolute atomic E-state index is 13.5. The third-order valence-electron chi connectivity index (χ3n) is 5.58. The first-order valence-electron chi connectivity index (χ1n) is 11.5. The maximum Gasteiger partial charge on any atom is 0.323 e. The summed E-state index contributed by atoms with van der Waals surface area (Å²) < 4.78 is 12.6. The third kappa shape index (κ3) is 6.17. The topological polar surface area (TPSA) is 94.5 Å². The summed E-state index contributed by atoms with van der Waals surface area (Å²) in [6.07, 6.45) is 7.38. The molecule has 0 unspecified atom stereocenters. The Balaban J connectivity index is 2.09. The molecular weight excluding hydrogens is 496 g/mol. The molecule has 1 aromatic carbocycles. The number of thioether (sulfide) groups is 2. The highest BCUT2D eigenvalue weighted by atomic mass is 32.2. The van der Waals surface area contributed by atoms with E-state index in [0.717, 1.165) is 23.4 Å². The quantitative estimate of drug-likeness (QED) is 0.306. The molecule has 2 aromatic heterocycles. The molecule has 0 atom stereocenters. The number of methoxy groups -OCH3 is 2. The molecule has 2 heterocycles. The molecule has 8 nitrogen and oxygen atoms in total. The number of unbranched alkanes of at least 4 members (excludes halogenated alkanes) is 1. The number of hydrogen-bond acceptors (Lipinski definition) is 7. The van der Waals surface area contributed by atoms with E-state index in [2.05, 4.69) is 22.5 Å². The predicted octanol–water partition coefficient (Wildman–Crippen LogP) is 6.12. The molecule has 10 heteroatoms. The van der Waals surface area contributed by atoms with Gasteiger partial charge < -0.3 is 24.7 Å². The lowest BCUT2D eigenvalue weighted by molar-refractivity contribution is 0.262. The van der Waals surface area contributed by atoms with Gasteiger partial charge in [0, 0.05) is 34.5 Å². The second-order valence-corrected chi connectivity index (χ2v) is 9.60. The summed E-state index contributed by atoms with van der Waals surface area (Å²) in [7, 11) is 3.13. The highest BCUT2D eigenvalue weighted by Crippen LogP contribution is 2.37. The van der Waals surface area contributed by atoms with E-state index in [0.29, 0.717) is 39.9 Å². The van der Waals surface area contributed by atoms with E-state index in [1.807, 2.05) is 31.6 Å². The Kier molecular flexibility index (Phi) is 9.72. The fraction of sp³-hybridized carbons (Fsp3) is 0.346. The molecule has 36 heavy (non-hydrogen) atoms. The number of aryl methyl sites for hydroxylation is 2. The highest BCUT2D eigenvalue weighted by Gasteiger charge is 2.20. The number of carbonyl (C=O) groups is 1. The van der Waals surface area contributed by atoms with Gasteiger partial charge >= 0.3 is 6.03 Å². The van der Waals surface area contributed by atoms with Gasteiger partial charge in [0.2, 0.25) is 0 Å². The van der Waals surface area contributed by atoms with Crippen LogP contribution < -0.4 is 25.7 Å². The van der Waals surface area contributed by atoms with E-state index in [1.54, 1.807) is 43.2 Å². The molecule has 2 N–H and O–H groups in total. The highest BCUT2D eigenvalue weighted by molar-refractivity contribution is 7.99. The minimum Gasteiger partial charge on any atom is -0.497 e. The molecule has 192 valence electrons. The Morgan fingerprint density at radius 2 is 1.78 bits per heavy atom.